The Morgan fingerprint density at radius 2 is 2.50 bits per heavy atom. The monoisotopic (exact) mass is 142 g/mol. The Morgan fingerprint density at radius 1 is 1.80 bits per heavy atom. The van der Waals surface area contributed by atoms with Crippen LogP contribution < -0.4 is 5.73 Å². The fraction of sp³-hybridized carbons (Fsp3) is 0.857. The second-order valence-corrected chi connectivity index (χ2v) is 2.91. The van der Waals surface area contributed by atoms with E-state index in [1.54, 1.807) is 4.90 Å². The first-order valence-corrected chi connectivity index (χ1v) is 3.68. The summed E-state index contributed by atoms with van der Waals surface area (Å²) in [5.41, 5.74) is 5.44. The van der Waals surface area contributed by atoms with E-state index in [1.165, 1.54) is 0 Å². The van der Waals surface area contributed by atoms with Gasteiger partial charge >= 0.3 is 0 Å². The van der Waals surface area contributed by atoms with Gasteiger partial charge in [-0.25, -0.2) is 0 Å². The van der Waals surface area contributed by atoms with Crippen LogP contribution in [0.1, 0.15) is 12.8 Å². The summed E-state index contributed by atoms with van der Waals surface area (Å²) in [5, 5.41) is 0. The lowest BCUT2D eigenvalue weighted by molar-refractivity contribution is -0.133. The molecule has 10 heavy (non-hydrogen) atoms. The Hall–Kier alpha value is -0.570. The number of carbonyl (C=O) groups is 1. The molecule has 1 aliphatic rings. The maximum Gasteiger partial charge on any atom is 0.222 e. The van der Waals surface area contributed by atoms with Crippen LogP contribution in [0.2, 0.25) is 0 Å². The van der Waals surface area contributed by atoms with Crippen molar-refractivity contribution in [1.82, 2.24) is 4.90 Å². The van der Waals surface area contributed by atoms with E-state index in [9.17, 15) is 4.79 Å². The summed E-state index contributed by atoms with van der Waals surface area (Å²) in [6, 6.07) is 0. The Labute approximate surface area is 61.2 Å². The largest absolute Gasteiger partial charge is 0.346 e. The number of hydrogen-bond acceptors (Lipinski definition) is 2. The van der Waals surface area contributed by atoms with E-state index < -0.39 is 0 Å². The van der Waals surface area contributed by atoms with Crippen LogP contribution in [0.25, 0.3) is 0 Å². The van der Waals surface area contributed by atoms with Crippen LogP contribution in [0.3, 0.4) is 0 Å². The topological polar surface area (TPSA) is 46.3 Å². The van der Waals surface area contributed by atoms with Crippen LogP contribution in [-0.2, 0) is 4.79 Å². The van der Waals surface area contributed by atoms with Crippen LogP contribution in [-0.4, -0.2) is 30.9 Å². The molecule has 0 aliphatic carbocycles. The number of rotatable bonds is 1. The molecule has 2 N–H and O–H groups in total. The Kier molecular flexibility index (Phi) is 2.27. The molecule has 1 saturated heterocycles. The summed E-state index contributed by atoms with van der Waals surface area (Å²) in [4.78, 5) is 12.8. The van der Waals surface area contributed by atoms with E-state index in [-0.39, 0.29) is 5.91 Å². The molecule has 3 nitrogen and oxygen atoms in total. The van der Waals surface area contributed by atoms with E-state index in [4.69, 9.17) is 5.73 Å². The van der Waals surface area contributed by atoms with Gasteiger partial charge < -0.3 is 10.6 Å². The quantitative estimate of drug-likeness (QED) is 0.551. The number of likely N-dealkylation sites (tertiary alicyclic amines) is 1. The number of carbonyl (C=O) groups excluding carboxylic acids is 1. The molecule has 58 valence electrons. The highest BCUT2D eigenvalue weighted by Crippen LogP contribution is 2.14. The molecule has 1 amide bonds. The van der Waals surface area contributed by atoms with Gasteiger partial charge in [0, 0.05) is 20.0 Å². The molecule has 1 fully saturated rings. The van der Waals surface area contributed by atoms with Gasteiger partial charge in [-0.2, -0.15) is 0 Å². The van der Waals surface area contributed by atoms with Crippen LogP contribution in [0.5, 0.6) is 0 Å². The molecule has 1 rings (SSSR count). The van der Waals surface area contributed by atoms with E-state index in [0.29, 0.717) is 18.9 Å². The van der Waals surface area contributed by atoms with Crippen molar-refractivity contribution in [2.24, 2.45) is 11.7 Å². The van der Waals surface area contributed by atoms with Gasteiger partial charge in [0.1, 0.15) is 0 Å². The number of hydrogen-bond donors (Lipinski definition) is 1. The summed E-state index contributed by atoms with van der Waals surface area (Å²) >= 11 is 0. The van der Waals surface area contributed by atoms with Crippen LogP contribution in [0, 0.1) is 5.92 Å². The van der Waals surface area contributed by atoms with Crippen molar-refractivity contribution in [2.45, 2.75) is 12.8 Å². The van der Waals surface area contributed by atoms with Crippen LogP contribution in [0.15, 0.2) is 0 Å². The minimum Gasteiger partial charge on any atom is -0.346 e. The van der Waals surface area contributed by atoms with E-state index in [2.05, 4.69) is 0 Å². The Balaban J connectivity index is 2.41. The van der Waals surface area contributed by atoms with Crippen molar-refractivity contribution >= 4 is 5.91 Å². The number of amides is 1. The smallest absolute Gasteiger partial charge is 0.222 e. The van der Waals surface area contributed by atoms with Crippen molar-refractivity contribution in [3.63, 3.8) is 0 Å². The maximum atomic E-state index is 11.0. The fourth-order valence-corrected chi connectivity index (χ4v) is 1.21. The third-order valence-electron chi connectivity index (χ3n) is 2.10. The first-order valence-electron chi connectivity index (χ1n) is 3.68. The standard InChI is InChI=1S/C7H14N2O/c1-9-3-2-6(5-8)4-7(9)10/h6H,2-5,8H2,1H3/t6-/m1/s1. The average Bonchev–Trinajstić information content (AvgIpc) is 1.95. The molecule has 0 bridgehead atoms. The Bertz CT molecular complexity index is 136. The first kappa shape index (κ1) is 7.54. The third kappa shape index (κ3) is 1.48. The molecule has 0 spiro atoms. The predicted molar refractivity (Wildman–Crippen MR) is 39.4 cm³/mol. The zero-order chi connectivity index (χ0) is 7.56. The molecule has 0 saturated carbocycles. The maximum absolute atomic E-state index is 11.0. The molecule has 1 atom stereocenters. The van der Waals surface area contributed by atoms with E-state index in [1.807, 2.05) is 7.05 Å². The Morgan fingerprint density at radius 3 is 3.00 bits per heavy atom. The van der Waals surface area contributed by atoms with Crippen molar-refractivity contribution in [1.29, 1.82) is 0 Å². The van der Waals surface area contributed by atoms with Gasteiger partial charge in [0.25, 0.3) is 0 Å². The molecular weight excluding hydrogens is 128 g/mol. The lowest BCUT2D eigenvalue weighted by atomic mass is 9.97. The van der Waals surface area contributed by atoms with Gasteiger partial charge in [0.05, 0.1) is 0 Å². The highest BCUT2D eigenvalue weighted by Gasteiger charge is 2.21. The molecule has 0 aromatic heterocycles. The number of nitrogens with zero attached hydrogens (tertiary/aromatic N) is 1. The fourth-order valence-electron chi connectivity index (χ4n) is 1.21. The summed E-state index contributed by atoms with van der Waals surface area (Å²) in [5.74, 6) is 0.672. The van der Waals surface area contributed by atoms with Gasteiger partial charge in [-0.15, -0.1) is 0 Å². The lowest BCUT2D eigenvalue weighted by Gasteiger charge is -2.27. The predicted octanol–water partition coefficient (Wildman–Crippen LogP) is -0.187. The minimum atomic E-state index is 0.238. The molecular formula is C7H14N2O. The SMILES string of the molecule is CN1CC[C@@H](CN)CC1=O. The first-order chi connectivity index (χ1) is 4.74. The number of nitrogens with two attached hydrogens (primary N) is 1. The van der Waals surface area contributed by atoms with E-state index >= 15 is 0 Å². The average molecular weight is 142 g/mol. The summed E-state index contributed by atoms with van der Waals surface area (Å²) in [6.07, 6.45) is 1.71. The molecule has 0 radical (unpaired) electrons. The molecule has 3 heteroatoms. The second-order valence-electron chi connectivity index (χ2n) is 2.91. The summed E-state index contributed by atoms with van der Waals surface area (Å²) in [7, 11) is 1.84. The van der Waals surface area contributed by atoms with Gasteiger partial charge in [-0.05, 0) is 18.9 Å². The van der Waals surface area contributed by atoms with Crippen molar-refractivity contribution < 1.29 is 4.79 Å². The van der Waals surface area contributed by atoms with Gasteiger partial charge in [0.15, 0.2) is 0 Å². The highest BCUT2D eigenvalue weighted by molar-refractivity contribution is 5.76. The van der Waals surface area contributed by atoms with Gasteiger partial charge in [-0.3, -0.25) is 4.79 Å². The zero-order valence-electron chi connectivity index (χ0n) is 6.34. The molecule has 0 aromatic carbocycles. The van der Waals surface area contributed by atoms with E-state index in [0.717, 1.165) is 13.0 Å². The summed E-state index contributed by atoms with van der Waals surface area (Å²) in [6.45, 7) is 1.53. The molecule has 1 heterocycles. The van der Waals surface area contributed by atoms with Crippen molar-refractivity contribution in [2.75, 3.05) is 20.1 Å². The number of piperidine rings is 1. The van der Waals surface area contributed by atoms with Gasteiger partial charge in [-0.1, -0.05) is 0 Å². The molecule has 0 aromatic rings. The van der Waals surface area contributed by atoms with Crippen molar-refractivity contribution in [3.05, 3.63) is 0 Å². The molecule has 1 aliphatic heterocycles. The third-order valence-corrected chi connectivity index (χ3v) is 2.10. The van der Waals surface area contributed by atoms with Crippen molar-refractivity contribution in [3.8, 4) is 0 Å². The van der Waals surface area contributed by atoms with Crippen LogP contribution >= 0.6 is 0 Å². The second kappa shape index (κ2) is 3.01. The normalized spacial score (nSPS) is 27.2. The van der Waals surface area contributed by atoms with Gasteiger partial charge in [0.2, 0.25) is 5.91 Å². The molecule has 0 unspecified atom stereocenters. The zero-order valence-corrected chi connectivity index (χ0v) is 6.34. The minimum absolute atomic E-state index is 0.238. The highest BCUT2D eigenvalue weighted by atomic mass is 16.2. The lowest BCUT2D eigenvalue weighted by Crippen LogP contribution is -2.37. The van der Waals surface area contributed by atoms with Crippen LogP contribution in [0.4, 0.5) is 0 Å². The summed E-state index contributed by atoms with van der Waals surface area (Å²) < 4.78 is 0.